The first-order valence-corrected chi connectivity index (χ1v) is 9.37. The van der Waals surface area contributed by atoms with Gasteiger partial charge in [0, 0.05) is 6.54 Å². The van der Waals surface area contributed by atoms with Crippen molar-refractivity contribution in [3.63, 3.8) is 0 Å². The second kappa shape index (κ2) is 6.96. The zero-order valence-corrected chi connectivity index (χ0v) is 16.2. The minimum Gasteiger partial charge on any atom is -0.317 e. The summed E-state index contributed by atoms with van der Waals surface area (Å²) >= 11 is 0. The standard InChI is InChI=1S/C22H22N4O2/c1-4-24-21(27)19-20(26(22(24)28)18-12-8-9-15(2)13-18)23-14-25(19)16(3)17-10-6-5-7-11-17/h5-14,16H,4H2,1-3H3/t16-/m0/s1. The van der Waals surface area contributed by atoms with E-state index in [1.165, 1.54) is 9.13 Å². The summed E-state index contributed by atoms with van der Waals surface area (Å²) in [6, 6.07) is 17.5. The van der Waals surface area contributed by atoms with Crippen molar-refractivity contribution in [1.29, 1.82) is 0 Å². The van der Waals surface area contributed by atoms with E-state index in [1.54, 1.807) is 13.3 Å². The molecule has 4 rings (SSSR count). The molecule has 28 heavy (non-hydrogen) atoms. The van der Waals surface area contributed by atoms with Gasteiger partial charge in [-0.3, -0.25) is 9.36 Å². The molecule has 0 saturated carbocycles. The van der Waals surface area contributed by atoms with E-state index in [4.69, 9.17) is 0 Å². The minimum absolute atomic E-state index is 0.0901. The molecule has 0 aliphatic carbocycles. The van der Waals surface area contributed by atoms with Crippen molar-refractivity contribution in [1.82, 2.24) is 18.7 Å². The maximum Gasteiger partial charge on any atom is 0.337 e. The zero-order chi connectivity index (χ0) is 19.8. The molecule has 0 radical (unpaired) electrons. The maximum atomic E-state index is 13.1. The summed E-state index contributed by atoms with van der Waals surface area (Å²) < 4.78 is 4.65. The summed E-state index contributed by atoms with van der Waals surface area (Å²) in [4.78, 5) is 30.7. The summed E-state index contributed by atoms with van der Waals surface area (Å²) in [6.07, 6.45) is 1.65. The van der Waals surface area contributed by atoms with Gasteiger partial charge >= 0.3 is 5.69 Å². The SMILES string of the molecule is CCn1c(=O)c2c(ncn2[C@@H](C)c2ccccc2)n(-c2cccc(C)c2)c1=O. The van der Waals surface area contributed by atoms with E-state index in [0.717, 1.165) is 11.1 Å². The largest absolute Gasteiger partial charge is 0.337 e. The first-order valence-electron chi connectivity index (χ1n) is 9.37. The molecular weight excluding hydrogens is 352 g/mol. The van der Waals surface area contributed by atoms with Crippen molar-refractivity contribution in [2.24, 2.45) is 0 Å². The Morgan fingerprint density at radius 3 is 2.46 bits per heavy atom. The lowest BCUT2D eigenvalue weighted by Crippen LogP contribution is -2.39. The zero-order valence-electron chi connectivity index (χ0n) is 16.2. The average Bonchev–Trinajstić information content (AvgIpc) is 3.13. The van der Waals surface area contributed by atoms with Gasteiger partial charge in [0.2, 0.25) is 0 Å². The van der Waals surface area contributed by atoms with Crippen LogP contribution in [0, 0.1) is 6.92 Å². The number of aromatic nitrogens is 4. The van der Waals surface area contributed by atoms with Crippen molar-refractivity contribution >= 4 is 11.2 Å². The van der Waals surface area contributed by atoms with Crippen LogP contribution in [0.5, 0.6) is 0 Å². The minimum atomic E-state index is -0.372. The predicted octanol–water partition coefficient (Wildman–Crippen LogP) is 3.29. The Balaban J connectivity index is 2.06. The van der Waals surface area contributed by atoms with Crippen LogP contribution in [0.4, 0.5) is 0 Å². The van der Waals surface area contributed by atoms with E-state index in [1.807, 2.05) is 73.0 Å². The number of nitrogens with zero attached hydrogens (tertiary/aromatic N) is 4. The van der Waals surface area contributed by atoms with Crippen LogP contribution in [-0.2, 0) is 6.54 Å². The van der Waals surface area contributed by atoms with E-state index < -0.39 is 0 Å². The molecule has 0 N–H and O–H groups in total. The smallest absolute Gasteiger partial charge is 0.317 e. The molecule has 2 heterocycles. The molecule has 0 aliphatic heterocycles. The van der Waals surface area contributed by atoms with Gasteiger partial charge in [0.1, 0.15) is 0 Å². The summed E-state index contributed by atoms with van der Waals surface area (Å²) in [5, 5.41) is 0. The van der Waals surface area contributed by atoms with Gasteiger partial charge in [-0.05, 0) is 44.0 Å². The normalized spacial score (nSPS) is 12.4. The molecule has 0 aliphatic rings. The summed E-state index contributed by atoms with van der Waals surface area (Å²) in [6.45, 7) is 6.09. The Morgan fingerprint density at radius 1 is 1.04 bits per heavy atom. The average molecular weight is 374 g/mol. The topological polar surface area (TPSA) is 61.8 Å². The quantitative estimate of drug-likeness (QED) is 0.551. The molecule has 1 atom stereocenters. The van der Waals surface area contributed by atoms with E-state index in [2.05, 4.69) is 4.98 Å². The fourth-order valence-electron chi connectivity index (χ4n) is 3.61. The highest BCUT2D eigenvalue weighted by atomic mass is 16.2. The van der Waals surface area contributed by atoms with Gasteiger partial charge in [-0.2, -0.15) is 0 Å². The number of aryl methyl sites for hydroxylation is 1. The lowest BCUT2D eigenvalue weighted by molar-refractivity contribution is 0.631. The summed E-state index contributed by atoms with van der Waals surface area (Å²) in [7, 11) is 0. The van der Waals surface area contributed by atoms with E-state index >= 15 is 0 Å². The van der Waals surface area contributed by atoms with Crippen LogP contribution in [0.15, 0.2) is 70.5 Å². The van der Waals surface area contributed by atoms with Crippen molar-refractivity contribution in [2.45, 2.75) is 33.4 Å². The third-order valence-electron chi connectivity index (χ3n) is 5.13. The molecule has 0 saturated heterocycles. The van der Waals surface area contributed by atoms with Crippen LogP contribution >= 0.6 is 0 Å². The van der Waals surface area contributed by atoms with Gasteiger partial charge in [-0.1, -0.05) is 42.5 Å². The predicted molar refractivity (Wildman–Crippen MR) is 110 cm³/mol. The van der Waals surface area contributed by atoms with Gasteiger partial charge in [0.15, 0.2) is 11.2 Å². The van der Waals surface area contributed by atoms with Gasteiger partial charge in [-0.15, -0.1) is 0 Å². The van der Waals surface area contributed by atoms with Crippen LogP contribution in [0.25, 0.3) is 16.9 Å². The third-order valence-corrected chi connectivity index (χ3v) is 5.13. The number of benzene rings is 2. The molecule has 6 heteroatoms. The summed E-state index contributed by atoms with van der Waals surface area (Å²) in [5.41, 5.74) is 2.93. The molecule has 0 unspecified atom stereocenters. The molecule has 6 nitrogen and oxygen atoms in total. The van der Waals surface area contributed by atoms with E-state index in [0.29, 0.717) is 23.4 Å². The molecule has 0 spiro atoms. The van der Waals surface area contributed by atoms with Crippen LogP contribution in [0.3, 0.4) is 0 Å². The molecule has 0 amide bonds. The Kier molecular flexibility index (Phi) is 4.47. The fraction of sp³-hybridized carbons (Fsp3) is 0.227. The van der Waals surface area contributed by atoms with Gasteiger partial charge < -0.3 is 4.57 Å². The van der Waals surface area contributed by atoms with E-state index in [9.17, 15) is 9.59 Å². The lowest BCUT2D eigenvalue weighted by Gasteiger charge is -2.16. The van der Waals surface area contributed by atoms with E-state index in [-0.39, 0.29) is 17.3 Å². The van der Waals surface area contributed by atoms with Crippen LogP contribution in [0.2, 0.25) is 0 Å². The highest BCUT2D eigenvalue weighted by Crippen LogP contribution is 2.22. The molecule has 2 aromatic heterocycles. The van der Waals surface area contributed by atoms with Crippen molar-refractivity contribution in [2.75, 3.05) is 0 Å². The van der Waals surface area contributed by atoms with Gasteiger partial charge in [0.25, 0.3) is 5.56 Å². The number of fused-ring (bicyclic) bond motifs is 1. The maximum absolute atomic E-state index is 13.1. The fourth-order valence-corrected chi connectivity index (χ4v) is 3.61. The molecule has 0 bridgehead atoms. The Morgan fingerprint density at radius 2 is 1.79 bits per heavy atom. The van der Waals surface area contributed by atoms with Crippen LogP contribution in [0.1, 0.15) is 31.0 Å². The highest BCUT2D eigenvalue weighted by molar-refractivity contribution is 5.73. The van der Waals surface area contributed by atoms with Crippen molar-refractivity contribution < 1.29 is 0 Å². The molecule has 142 valence electrons. The Labute approximate surface area is 162 Å². The number of hydrogen-bond acceptors (Lipinski definition) is 3. The van der Waals surface area contributed by atoms with Gasteiger partial charge in [-0.25, -0.2) is 14.3 Å². The lowest BCUT2D eigenvalue weighted by atomic mass is 10.1. The molecule has 4 aromatic rings. The number of rotatable bonds is 4. The molecule has 0 fully saturated rings. The number of imidazole rings is 1. The van der Waals surface area contributed by atoms with Crippen LogP contribution < -0.4 is 11.2 Å². The third kappa shape index (κ3) is 2.78. The second-order valence-corrected chi connectivity index (χ2v) is 6.92. The highest BCUT2D eigenvalue weighted by Gasteiger charge is 2.21. The first-order chi connectivity index (χ1) is 13.5. The van der Waals surface area contributed by atoms with Crippen LogP contribution in [-0.4, -0.2) is 18.7 Å². The number of hydrogen-bond donors (Lipinski definition) is 0. The monoisotopic (exact) mass is 374 g/mol. The molecular formula is C22H22N4O2. The van der Waals surface area contributed by atoms with Crippen molar-refractivity contribution in [3.8, 4) is 5.69 Å². The van der Waals surface area contributed by atoms with Gasteiger partial charge in [0.05, 0.1) is 18.1 Å². The molecule has 2 aromatic carbocycles. The first kappa shape index (κ1) is 18.0. The van der Waals surface area contributed by atoms with Crippen molar-refractivity contribution in [3.05, 3.63) is 92.9 Å². The summed E-state index contributed by atoms with van der Waals surface area (Å²) in [5.74, 6) is 0. The Hall–Kier alpha value is -3.41. The Bertz CT molecular complexity index is 1270. The second-order valence-electron chi connectivity index (χ2n) is 6.92.